The van der Waals surface area contributed by atoms with Gasteiger partial charge in [-0.1, -0.05) is 44.6 Å². The van der Waals surface area contributed by atoms with Crippen LogP contribution in [-0.2, 0) is 6.42 Å². The Morgan fingerprint density at radius 3 is 2.30 bits per heavy atom. The van der Waals surface area contributed by atoms with Crippen molar-refractivity contribution >= 4 is 0 Å². The average molecular weight is 510 g/mol. The minimum Gasteiger partial charge on any atom is -0.490 e. The third kappa shape index (κ3) is 7.65. The lowest BCUT2D eigenvalue weighted by Gasteiger charge is -2.29. The van der Waals surface area contributed by atoms with E-state index in [-0.39, 0.29) is 11.7 Å². The molecule has 4 heteroatoms. The molecular weight excluding hydrogens is 464 g/mol. The molecule has 0 spiro atoms. The highest BCUT2D eigenvalue weighted by Gasteiger charge is 2.26. The Balaban J connectivity index is 1.15. The largest absolute Gasteiger partial charge is 0.490 e. The van der Waals surface area contributed by atoms with Gasteiger partial charge in [-0.2, -0.15) is 4.39 Å². The molecule has 0 bridgehead atoms. The van der Waals surface area contributed by atoms with Gasteiger partial charge in [0.05, 0.1) is 6.61 Å². The number of hydrogen-bond donors (Lipinski definition) is 0. The summed E-state index contributed by atoms with van der Waals surface area (Å²) in [5, 5.41) is 0. The van der Waals surface area contributed by atoms with E-state index in [2.05, 4.69) is 42.4 Å². The molecule has 202 valence electrons. The summed E-state index contributed by atoms with van der Waals surface area (Å²) in [5.74, 6) is 0.695. The molecule has 2 nitrogen and oxygen atoms in total. The number of pyridine rings is 1. The number of rotatable bonds is 11. The van der Waals surface area contributed by atoms with Gasteiger partial charge < -0.3 is 4.74 Å². The van der Waals surface area contributed by atoms with Gasteiger partial charge in [0, 0.05) is 11.9 Å². The van der Waals surface area contributed by atoms with Crippen molar-refractivity contribution in [3.8, 4) is 5.75 Å². The molecule has 0 amide bonds. The second-order valence-corrected chi connectivity index (χ2v) is 11.3. The minimum atomic E-state index is -0.825. The van der Waals surface area contributed by atoms with Crippen LogP contribution >= 0.6 is 0 Å². The van der Waals surface area contributed by atoms with Gasteiger partial charge in [-0.3, -0.25) is 4.98 Å². The van der Waals surface area contributed by atoms with Crippen molar-refractivity contribution in [1.82, 2.24) is 4.98 Å². The molecule has 2 fully saturated rings. The Morgan fingerprint density at radius 1 is 0.865 bits per heavy atom. The predicted molar refractivity (Wildman–Crippen MR) is 148 cm³/mol. The van der Waals surface area contributed by atoms with Gasteiger partial charge in [0.15, 0.2) is 11.6 Å². The molecular formula is C33H45F2NO. The molecule has 2 aliphatic carbocycles. The maximum absolute atomic E-state index is 14.7. The number of allylic oxidation sites excluding steroid dienone is 2. The number of hydrogen-bond acceptors (Lipinski definition) is 2. The van der Waals surface area contributed by atoms with E-state index in [0.29, 0.717) is 29.9 Å². The standard InChI is InChI=1S/C33H45F2NO/c1-3-7-29-19-18-28(23-36-29)26-14-10-24(11-15-26)8-5-6-9-25-12-16-27(17-13-25)30-20-21-31(37-22-4-2)33(35)32(30)34/h5,8,18-21,23-27H,3-4,6-7,9-17,22H2,1-2H3/b8-5+. The van der Waals surface area contributed by atoms with Crippen LogP contribution in [-0.4, -0.2) is 11.6 Å². The van der Waals surface area contributed by atoms with Crippen LogP contribution in [0.3, 0.4) is 0 Å². The summed E-state index contributed by atoms with van der Waals surface area (Å²) in [7, 11) is 0. The van der Waals surface area contributed by atoms with Gasteiger partial charge >= 0.3 is 0 Å². The molecule has 0 unspecified atom stereocenters. The van der Waals surface area contributed by atoms with Gasteiger partial charge in [0.25, 0.3) is 0 Å². The third-order valence-corrected chi connectivity index (χ3v) is 8.57. The first-order valence-corrected chi connectivity index (χ1v) is 14.8. The highest BCUT2D eigenvalue weighted by atomic mass is 19.2. The van der Waals surface area contributed by atoms with Crippen molar-refractivity contribution in [2.75, 3.05) is 6.61 Å². The Morgan fingerprint density at radius 2 is 1.62 bits per heavy atom. The SMILES string of the molecule is CCCOc1ccc(C2CCC(CC/C=C/C3CCC(c4ccc(CCC)nc4)CC3)CC2)c(F)c1F. The van der Waals surface area contributed by atoms with E-state index >= 15 is 0 Å². The molecule has 0 N–H and O–H groups in total. The fourth-order valence-corrected chi connectivity index (χ4v) is 6.29. The zero-order valence-electron chi connectivity index (χ0n) is 22.9. The topological polar surface area (TPSA) is 22.1 Å². The lowest BCUT2D eigenvalue weighted by atomic mass is 9.76. The highest BCUT2D eigenvalue weighted by Crippen LogP contribution is 2.40. The number of nitrogens with zero attached hydrogens (tertiary/aromatic N) is 1. The summed E-state index contributed by atoms with van der Waals surface area (Å²) in [6.45, 7) is 4.56. The van der Waals surface area contributed by atoms with E-state index in [1.54, 1.807) is 12.1 Å². The molecule has 2 saturated carbocycles. The van der Waals surface area contributed by atoms with E-state index in [1.165, 1.54) is 43.4 Å². The zero-order valence-corrected chi connectivity index (χ0v) is 22.9. The number of halogens is 2. The van der Waals surface area contributed by atoms with Crippen LogP contribution in [0.15, 0.2) is 42.6 Å². The maximum atomic E-state index is 14.7. The first-order chi connectivity index (χ1) is 18.1. The van der Waals surface area contributed by atoms with Gasteiger partial charge in [0.1, 0.15) is 0 Å². The van der Waals surface area contributed by atoms with E-state index in [0.717, 1.165) is 51.4 Å². The number of ether oxygens (including phenoxy) is 1. The van der Waals surface area contributed by atoms with Crippen molar-refractivity contribution in [3.63, 3.8) is 0 Å². The lowest BCUT2D eigenvalue weighted by molar-refractivity contribution is 0.288. The molecule has 2 aliphatic rings. The molecule has 0 atom stereocenters. The summed E-state index contributed by atoms with van der Waals surface area (Å²) < 4.78 is 34.4. The third-order valence-electron chi connectivity index (χ3n) is 8.57. The quantitative estimate of drug-likeness (QED) is 0.281. The lowest BCUT2D eigenvalue weighted by Crippen LogP contribution is -2.15. The van der Waals surface area contributed by atoms with Crippen molar-refractivity contribution in [1.29, 1.82) is 0 Å². The van der Waals surface area contributed by atoms with Crippen LogP contribution in [0.5, 0.6) is 5.75 Å². The zero-order chi connectivity index (χ0) is 26.0. The number of benzene rings is 1. The molecule has 0 saturated heterocycles. The summed E-state index contributed by atoms with van der Waals surface area (Å²) in [4.78, 5) is 4.66. The van der Waals surface area contributed by atoms with Crippen LogP contribution in [0.2, 0.25) is 0 Å². The van der Waals surface area contributed by atoms with E-state index in [1.807, 2.05) is 6.92 Å². The summed E-state index contributed by atoms with van der Waals surface area (Å²) in [6, 6.07) is 7.86. The van der Waals surface area contributed by atoms with Crippen molar-refractivity contribution in [2.24, 2.45) is 11.8 Å². The van der Waals surface area contributed by atoms with Crippen LogP contribution in [0.4, 0.5) is 8.78 Å². The van der Waals surface area contributed by atoms with Crippen LogP contribution in [0.25, 0.3) is 0 Å². The first-order valence-electron chi connectivity index (χ1n) is 14.8. The Labute approximate surface area is 222 Å². The second-order valence-electron chi connectivity index (χ2n) is 11.3. The fourth-order valence-electron chi connectivity index (χ4n) is 6.29. The normalized spacial score (nSPS) is 24.4. The van der Waals surface area contributed by atoms with Crippen molar-refractivity contribution in [2.45, 2.75) is 109 Å². The minimum absolute atomic E-state index is 0.0372. The molecule has 4 rings (SSSR count). The molecule has 1 aromatic heterocycles. The Kier molecular flexibility index (Phi) is 10.6. The molecule has 0 aliphatic heterocycles. The first kappa shape index (κ1) is 27.8. The summed E-state index contributed by atoms with van der Waals surface area (Å²) in [6.07, 6.45) is 21.5. The summed E-state index contributed by atoms with van der Waals surface area (Å²) >= 11 is 0. The fraction of sp³-hybridized carbons (Fsp3) is 0.606. The average Bonchev–Trinajstić information content (AvgIpc) is 2.93. The number of aryl methyl sites for hydroxylation is 1. The van der Waals surface area contributed by atoms with Crippen molar-refractivity contribution < 1.29 is 13.5 Å². The van der Waals surface area contributed by atoms with Crippen molar-refractivity contribution in [3.05, 3.63) is 71.1 Å². The van der Waals surface area contributed by atoms with Crippen LogP contribution in [0.1, 0.15) is 120 Å². The smallest absolute Gasteiger partial charge is 0.200 e. The molecule has 37 heavy (non-hydrogen) atoms. The van der Waals surface area contributed by atoms with Gasteiger partial charge in [0.2, 0.25) is 5.82 Å². The van der Waals surface area contributed by atoms with Crippen LogP contribution in [0, 0.1) is 23.5 Å². The monoisotopic (exact) mass is 509 g/mol. The van der Waals surface area contributed by atoms with E-state index < -0.39 is 11.6 Å². The molecule has 1 heterocycles. The van der Waals surface area contributed by atoms with E-state index in [4.69, 9.17) is 4.74 Å². The van der Waals surface area contributed by atoms with Gasteiger partial charge in [-0.25, -0.2) is 4.39 Å². The molecule has 1 aromatic carbocycles. The second kappa shape index (κ2) is 14.1. The van der Waals surface area contributed by atoms with Crippen LogP contribution < -0.4 is 4.74 Å². The highest BCUT2D eigenvalue weighted by molar-refractivity contribution is 5.33. The maximum Gasteiger partial charge on any atom is 0.200 e. The predicted octanol–water partition coefficient (Wildman–Crippen LogP) is 9.69. The number of aromatic nitrogens is 1. The van der Waals surface area contributed by atoms with E-state index in [9.17, 15) is 8.78 Å². The van der Waals surface area contributed by atoms with Gasteiger partial charge in [-0.05, 0) is 124 Å². The molecule has 2 aromatic rings. The Hall–Kier alpha value is -2.23. The summed E-state index contributed by atoms with van der Waals surface area (Å²) in [5.41, 5.74) is 3.16. The Bertz CT molecular complexity index is 986. The molecule has 0 radical (unpaired) electrons. The van der Waals surface area contributed by atoms with Gasteiger partial charge in [-0.15, -0.1) is 0 Å².